The summed E-state index contributed by atoms with van der Waals surface area (Å²) in [7, 11) is 0. The number of nitrogens with one attached hydrogen (secondary N) is 1. The van der Waals surface area contributed by atoms with Gasteiger partial charge in [0.2, 0.25) is 11.6 Å². The molecule has 1 fully saturated rings. The summed E-state index contributed by atoms with van der Waals surface area (Å²) in [6.45, 7) is 3.44. The van der Waals surface area contributed by atoms with E-state index in [1.807, 2.05) is 6.92 Å². The maximum absolute atomic E-state index is 11.0. The molecule has 8 heteroatoms. The Hall–Kier alpha value is -1.96. The van der Waals surface area contributed by atoms with E-state index in [2.05, 4.69) is 15.3 Å². The van der Waals surface area contributed by atoms with Crippen molar-refractivity contribution >= 4 is 17.3 Å². The molecule has 1 atom stereocenters. The van der Waals surface area contributed by atoms with Gasteiger partial charge in [-0.25, -0.2) is 9.97 Å². The molecule has 0 saturated carbocycles. The van der Waals surface area contributed by atoms with Crippen molar-refractivity contribution in [2.75, 3.05) is 24.3 Å². The molecule has 1 aromatic heterocycles. The minimum Gasteiger partial charge on any atom is -0.381 e. The van der Waals surface area contributed by atoms with Crippen LogP contribution >= 0.6 is 0 Å². The molecule has 0 spiro atoms. The third-order valence-electron chi connectivity index (χ3n) is 3.37. The van der Waals surface area contributed by atoms with Crippen LogP contribution in [-0.4, -0.2) is 34.1 Å². The third-order valence-corrected chi connectivity index (χ3v) is 3.37. The number of hydrogen-bond donors (Lipinski definition) is 2. The molecule has 0 bridgehead atoms. The van der Waals surface area contributed by atoms with Gasteiger partial charge in [0.15, 0.2) is 0 Å². The van der Waals surface area contributed by atoms with Gasteiger partial charge in [-0.1, -0.05) is 0 Å². The zero-order valence-electron chi connectivity index (χ0n) is 10.7. The molecular formula is C11H17N5O3. The molecule has 1 aliphatic rings. The molecule has 2 heterocycles. The Morgan fingerprint density at radius 2 is 2.21 bits per heavy atom. The van der Waals surface area contributed by atoms with Crippen LogP contribution in [0.2, 0.25) is 0 Å². The van der Waals surface area contributed by atoms with Crippen molar-refractivity contribution in [3.63, 3.8) is 0 Å². The summed E-state index contributed by atoms with van der Waals surface area (Å²) in [6.07, 6.45) is 3.09. The van der Waals surface area contributed by atoms with Crippen LogP contribution in [0.5, 0.6) is 0 Å². The van der Waals surface area contributed by atoms with E-state index >= 15 is 0 Å². The average Bonchev–Trinajstić information content (AvgIpc) is 2.39. The van der Waals surface area contributed by atoms with E-state index in [9.17, 15) is 10.1 Å². The standard InChI is InChI=1S/C11H17N5O3/c1-7(8-2-4-19-5-3-8)15-11-9(16(17)18)10(12)13-6-14-11/h6-8H,2-5H2,1H3,(H3,12,13,14,15). The van der Waals surface area contributed by atoms with E-state index in [4.69, 9.17) is 10.5 Å². The van der Waals surface area contributed by atoms with Gasteiger partial charge < -0.3 is 15.8 Å². The van der Waals surface area contributed by atoms with Gasteiger partial charge in [-0.15, -0.1) is 0 Å². The summed E-state index contributed by atoms with van der Waals surface area (Å²) in [5.74, 6) is 0.461. The number of nitro groups is 1. The van der Waals surface area contributed by atoms with E-state index in [1.165, 1.54) is 6.33 Å². The largest absolute Gasteiger partial charge is 0.381 e. The first-order chi connectivity index (χ1) is 9.09. The Labute approximate surface area is 110 Å². The number of nitrogens with zero attached hydrogens (tertiary/aromatic N) is 3. The lowest BCUT2D eigenvalue weighted by atomic mass is 9.93. The van der Waals surface area contributed by atoms with Crippen LogP contribution in [0, 0.1) is 16.0 Å². The lowest BCUT2D eigenvalue weighted by Crippen LogP contribution is -2.31. The molecule has 3 N–H and O–H groups in total. The Morgan fingerprint density at radius 3 is 2.84 bits per heavy atom. The number of nitrogen functional groups attached to an aromatic ring is 1. The fraction of sp³-hybridized carbons (Fsp3) is 0.636. The van der Waals surface area contributed by atoms with E-state index < -0.39 is 4.92 Å². The molecule has 1 aromatic rings. The number of rotatable bonds is 4. The van der Waals surface area contributed by atoms with E-state index in [-0.39, 0.29) is 23.4 Å². The van der Waals surface area contributed by atoms with Gasteiger partial charge in [0.05, 0.1) is 4.92 Å². The smallest absolute Gasteiger partial charge is 0.352 e. The second-order valence-corrected chi connectivity index (χ2v) is 4.60. The number of hydrogen-bond acceptors (Lipinski definition) is 7. The first-order valence-electron chi connectivity index (χ1n) is 6.18. The molecule has 104 valence electrons. The summed E-state index contributed by atoms with van der Waals surface area (Å²) in [5.41, 5.74) is 5.26. The zero-order valence-corrected chi connectivity index (χ0v) is 10.7. The van der Waals surface area contributed by atoms with E-state index in [0.717, 1.165) is 26.1 Å². The minimum absolute atomic E-state index is 0.0666. The lowest BCUT2D eigenvalue weighted by molar-refractivity contribution is -0.383. The Balaban J connectivity index is 2.14. The summed E-state index contributed by atoms with van der Waals surface area (Å²) >= 11 is 0. The topological polar surface area (TPSA) is 116 Å². The fourth-order valence-electron chi connectivity index (χ4n) is 2.23. The third kappa shape index (κ3) is 3.08. The maximum Gasteiger partial charge on any atom is 0.352 e. The van der Waals surface area contributed by atoms with Crippen LogP contribution in [0.3, 0.4) is 0 Å². The minimum atomic E-state index is -0.561. The SMILES string of the molecule is CC(Nc1ncnc(N)c1[N+](=O)[O-])C1CCOCC1. The second kappa shape index (κ2) is 5.79. The highest BCUT2D eigenvalue weighted by atomic mass is 16.6. The highest BCUT2D eigenvalue weighted by Crippen LogP contribution is 2.29. The predicted molar refractivity (Wildman–Crippen MR) is 69.7 cm³/mol. The average molecular weight is 267 g/mol. The van der Waals surface area contributed by atoms with Crippen LogP contribution in [-0.2, 0) is 4.74 Å². The summed E-state index contributed by atoms with van der Waals surface area (Å²) < 4.78 is 5.30. The molecule has 1 saturated heterocycles. The normalized spacial score (nSPS) is 17.9. The molecule has 1 aliphatic heterocycles. The van der Waals surface area contributed by atoms with Gasteiger partial charge in [0, 0.05) is 19.3 Å². The molecule has 0 aliphatic carbocycles. The van der Waals surface area contributed by atoms with Gasteiger partial charge >= 0.3 is 5.69 Å². The molecule has 2 rings (SSSR count). The lowest BCUT2D eigenvalue weighted by Gasteiger charge is -2.28. The molecule has 19 heavy (non-hydrogen) atoms. The van der Waals surface area contributed by atoms with Gasteiger partial charge in [-0.2, -0.15) is 0 Å². The van der Waals surface area contributed by atoms with E-state index in [1.54, 1.807) is 0 Å². The van der Waals surface area contributed by atoms with Crippen molar-refractivity contribution in [2.24, 2.45) is 5.92 Å². The highest BCUT2D eigenvalue weighted by molar-refractivity contribution is 5.67. The van der Waals surface area contributed by atoms with Gasteiger partial charge in [0.1, 0.15) is 6.33 Å². The van der Waals surface area contributed by atoms with Crippen molar-refractivity contribution in [1.29, 1.82) is 0 Å². The molecular weight excluding hydrogens is 250 g/mol. The van der Waals surface area contributed by atoms with Gasteiger partial charge in [0.25, 0.3) is 0 Å². The van der Waals surface area contributed by atoms with Gasteiger partial charge in [-0.05, 0) is 25.7 Å². The fourth-order valence-corrected chi connectivity index (χ4v) is 2.23. The van der Waals surface area contributed by atoms with Crippen molar-refractivity contribution in [1.82, 2.24) is 9.97 Å². The quantitative estimate of drug-likeness (QED) is 0.621. The predicted octanol–water partition coefficient (Wildman–Crippen LogP) is 1.19. The number of ether oxygens (including phenoxy) is 1. The van der Waals surface area contributed by atoms with Crippen molar-refractivity contribution in [2.45, 2.75) is 25.8 Å². The number of aromatic nitrogens is 2. The van der Waals surface area contributed by atoms with Crippen LogP contribution < -0.4 is 11.1 Å². The molecule has 0 radical (unpaired) electrons. The first-order valence-corrected chi connectivity index (χ1v) is 6.18. The van der Waals surface area contributed by atoms with Crippen molar-refractivity contribution < 1.29 is 9.66 Å². The number of anilines is 2. The Bertz CT molecular complexity index is 462. The Morgan fingerprint density at radius 1 is 1.53 bits per heavy atom. The molecule has 8 nitrogen and oxygen atoms in total. The van der Waals surface area contributed by atoms with Crippen LogP contribution in [0.25, 0.3) is 0 Å². The summed E-state index contributed by atoms with van der Waals surface area (Å²) in [6, 6.07) is 0.0666. The van der Waals surface area contributed by atoms with E-state index in [0.29, 0.717) is 5.92 Å². The molecule has 0 amide bonds. The summed E-state index contributed by atoms with van der Waals surface area (Å²) in [5, 5.41) is 14.1. The van der Waals surface area contributed by atoms with Crippen LogP contribution in [0.15, 0.2) is 6.33 Å². The van der Waals surface area contributed by atoms with Crippen LogP contribution in [0.4, 0.5) is 17.3 Å². The first kappa shape index (κ1) is 13.5. The second-order valence-electron chi connectivity index (χ2n) is 4.60. The monoisotopic (exact) mass is 267 g/mol. The number of nitrogens with two attached hydrogens (primary N) is 1. The molecule has 1 unspecified atom stereocenters. The van der Waals surface area contributed by atoms with Crippen molar-refractivity contribution in [3.05, 3.63) is 16.4 Å². The summed E-state index contributed by atoms with van der Waals surface area (Å²) in [4.78, 5) is 18.0. The Kier molecular flexibility index (Phi) is 4.10. The zero-order chi connectivity index (χ0) is 13.8. The highest BCUT2D eigenvalue weighted by Gasteiger charge is 2.26. The molecule has 0 aromatic carbocycles. The van der Waals surface area contributed by atoms with Gasteiger partial charge in [-0.3, -0.25) is 10.1 Å². The van der Waals surface area contributed by atoms with Crippen molar-refractivity contribution in [3.8, 4) is 0 Å². The maximum atomic E-state index is 11.0. The van der Waals surface area contributed by atoms with Crippen LogP contribution in [0.1, 0.15) is 19.8 Å².